The lowest BCUT2D eigenvalue weighted by molar-refractivity contribution is -0.119. The summed E-state index contributed by atoms with van der Waals surface area (Å²) in [6.45, 7) is 2.25. The van der Waals surface area contributed by atoms with Crippen molar-refractivity contribution in [2.75, 3.05) is 31.5 Å². The summed E-state index contributed by atoms with van der Waals surface area (Å²) in [5.74, 6) is -0.0558. The van der Waals surface area contributed by atoms with E-state index < -0.39 is 0 Å². The third-order valence-electron chi connectivity index (χ3n) is 3.80. The second-order valence-corrected chi connectivity index (χ2v) is 5.39. The molecule has 1 aliphatic rings. The Bertz CT molecular complexity index is 682. The second kappa shape index (κ2) is 6.91. The highest BCUT2D eigenvalue weighted by atomic mass is 16.2. The summed E-state index contributed by atoms with van der Waals surface area (Å²) >= 11 is 0. The van der Waals surface area contributed by atoms with Crippen molar-refractivity contribution in [2.24, 2.45) is 0 Å². The Balaban J connectivity index is 1.69. The normalized spacial score (nSPS) is 14.4. The lowest BCUT2D eigenvalue weighted by Crippen LogP contribution is -2.48. The molecule has 1 fully saturated rings. The fourth-order valence-corrected chi connectivity index (χ4v) is 2.53. The number of anilines is 2. The molecule has 1 aromatic heterocycles. The van der Waals surface area contributed by atoms with Crippen molar-refractivity contribution in [3.63, 3.8) is 0 Å². The summed E-state index contributed by atoms with van der Waals surface area (Å²) in [6.07, 6.45) is 4.09. The van der Waals surface area contributed by atoms with E-state index in [1.165, 1.54) is 0 Å². The van der Waals surface area contributed by atoms with Crippen LogP contribution in [0.15, 0.2) is 48.8 Å². The van der Waals surface area contributed by atoms with Crippen LogP contribution in [-0.2, 0) is 4.79 Å². The predicted molar refractivity (Wildman–Crippen MR) is 87.5 cm³/mol. The van der Waals surface area contributed by atoms with Crippen molar-refractivity contribution in [3.8, 4) is 0 Å². The number of amides is 2. The summed E-state index contributed by atoms with van der Waals surface area (Å²) < 4.78 is 0. The minimum absolute atomic E-state index is 0.0558. The molecule has 0 radical (unpaired) electrons. The lowest BCUT2D eigenvalue weighted by Gasteiger charge is -2.32. The van der Waals surface area contributed by atoms with Crippen molar-refractivity contribution in [3.05, 3.63) is 54.4 Å². The highest BCUT2D eigenvalue weighted by molar-refractivity contribution is 5.95. The monoisotopic (exact) mass is 310 g/mol. The van der Waals surface area contributed by atoms with Gasteiger partial charge in [0.2, 0.25) is 6.41 Å². The maximum absolute atomic E-state index is 12.6. The number of hydrogen-bond donors (Lipinski definition) is 1. The minimum atomic E-state index is -0.0558. The molecule has 2 aromatic rings. The van der Waals surface area contributed by atoms with Crippen molar-refractivity contribution in [2.45, 2.75) is 0 Å². The van der Waals surface area contributed by atoms with Gasteiger partial charge in [0, 0.05) is 38.1 Å². The van der Waals surface area contributed by atoms with Gasteiger partial charge < -0.3 is 15.1 Å². The van der Waals surface area contributed by atoms with Gasteiger partial charge in [0.1, 0.15) is 0 Å². The molecule has 0 saturated carbocycles. The van der Waals surface area contributed by atoms with E-state index >= 15 is 0 Å². The molecule has 118 valence electrons. The van der Waals surface area contributed by atoms with E-state index in [1.807, 2.05) is 30.3 Å². The van der Waals surface area contributed by atoms with Crippen molar-refractivity contribution < 1.29 is 9.59 Å². The highest BCUT2D eigenvalue weighted by Crippen LogP contribution is 2.17. The predicted octanol–water partition coefficient (Wildman–Crippen LogP) is 1.74. The zero-order valence-corrected chi connectivity index (χ0v) is 12.7. The minimum Gasteiger partial charge on any atom is -0.354 e. The molecule has 3 rings (SSSR count). The molecule has 1 saturated heterocycles. The van der Waals surface area contributed by atoms with Crippen LogP contribution in [0.3, 0.4) is 0 Å². The molecule has 0 spiro atoms. The molecule has 1 aromatic carbocycles. The van der Waals surface area contributed by atoms with E-state index in [0.29, 0.717) is 31.7 Å². The standard InChI is InChI=1S/C17H18N4O2/c22-13-20-6-8-21(9-7-20)17(23)14-10-16(12-18-11-14)19-15-4-2-1-3-5-15/h1-5,10-13,19H,6-9H2. The first kappa shape index (κ1) is 15.0. The largest absolute Gasteiger partial charge is 0.354 e. The summed E-state index contributed by atoms with van der Waals surface area (Å²) in [5, 5.41) is 3.23. The molecule has 23 heavy (non-hydrogen) atoms. The zero-order chi connectivity index (χ0) is 16.1. The summed E-state index contributed by atoms with van der Waals surface area (Å²) in [7, 11) is 0. The number of benzene rings is 1. The van der Waals surface area contributed by atoms with Crippen molar-refractivity contribution in [1.82, 2.24) is 14.8 Å². The average molecular weight is 310 g/mol. The second-order valence-electron chi connectivity index (χ2n) is 5.39. The molecular formula is C17H18N4O2. The zero-order valence-electron chi connectivity index (χ0n) is 12.7. The van der Waals surface area contributed by atoms with Gasteiger partial charge in [-0.05, 0) is 18.2 Å². The lowest BCUT2D eigenvalue weighted by atomic mass is 10.2. The smallest absolute Gasteiger partial charge is 0.255 e. The number of piperazine rings is 1. The Hall–Kier alpha value is -2.89. The van der Waals surface area contributed by atoms with Crippen LogP contribution >= 0.6 is 0 Å². The molecule has 6 heteroatoms. The number of nitrogens with one attached hydrogen (secondary N) is 1. The van der Waals surface area contributed by atoms with E-state index in [1.54, 1.807) is 28.3 Å². The Labute approximate surface area is 134 Å². The first-order valence-electron chi connectivity index (χ1n) is 7.52. The quantitative estimate of drug-likeness (QED) is 0.874. The Morgan fingerprint density at radius 1 is 1.04 bits per heavy atom. The van der Waals surface area contributed by atoms with Crippen LogP contribution in [-0.4, -0.2) is 53.3 Å². The van der Waals surface area contributed by atoms with Gasteiger partial charge >= 0.3 is 0 Å². The van der Waals surface area contributed by atoms with Gasteiger partial charge in [0.25, 0.3) is 5.91 Å². The van der Waals surface area contributed by atoms with Gasteiger partial charge in [-0.3, -0.25) is 14.6 Å². The van der Waals surface area contributed by atoms with E-state index in [9.17, 15) is 9.59 Å². The van der Waals surface area contributed by atoms with E-state index in [2.05, 4.69) is 10.3 Å². The Morgan fingerprint density at radius 3 is 2.48 bits per heavy atom. The highest BCUT2D eigenvalue weighted by Gasteiger charge is 2.21. The van der Waals surface area contributed by atoms with Gasteiger partial charge in [-0.15, -0.1) is 0 Å². The van der Waals surface area contributed by atoms with Crippen molar-refractivity contribution >= 4 is 23.7 Å². The summed E-state index contributed by atoms with van der Waals surface area (Å²) in [5.41, 5.74) is 2.26. The Kier molecular flexibility index (Phi) is 4.52. The number of carbonyl (C=O) groups is 2. The number of hydrogen-bond acceptors (Lipinski definition) is 4. The van der Waals surface area contributed by atoms with Crippen LogP contribution in [0.2, 0.25) is 0 Å². The van der Waals surface area contributed by atoms with Gasteiger partial charge in [-0.1, -0.05) is 18.2 Å². The van der Waals surface area contributed by atoms with Crippen LogP contribution in [0.25, 0.3) is 0 Å². The molecule has 0 atom stereocenters. The summed E-state index contributed by atoms with van der Waals surface area (Å²) in [4.78, 5) is 30.9. The third kappa shape index (κ3) is 3.66. The molecule has 6 nitrogen and oxygen atoms in total. The molecule has 2 amide bonds. The first-order chi connectivity index (χ1) is 11.3. The topological polar surface area (TPSA) is 65.5 Å². The third-order valence-corrected chi connectivity index (χ3v) is 3.80. The van der Waals surface area contributed by atoms with Crippen molar-refractivity contribution in [1.29, 1.82) is 0 Å². The van der Waals surface area contributed by atoms with E-state index in [0.717, 1.165) is 17.8 Å². The number of carbonyl (C=O) groups excluding carboxylic acids is 2. The molecule has 0 unspecified atom stereocenters. The first-order valence-corrected chi connectivity index (χ1v) is 7.52. The maximum Gasteiger partial charge on any atom is 0.255 e. The van der Waals surface area contributed by atoms with Gasteiger partial charge in [-0.2, -0.15) is 0 Å². The van der Waals surface area contributed by atoms with Crippen LogP contribution in [0.5, 0.6) is 0 Å². The average Bonchev–Trinajstić information content (AvgIpc) is 2.62. The maximum atomic E-state index is 12.6. The number of para-hydroxylation sites is 1. The number of nitrogens with zero attached hydrogens (tertiary/aromatic N) is 3. The SMILES string of the molecule is O=CN1CCN(C(=O)c2cncc(Nc3ccccc3)c2)CC1. The number of pyridine rings is 1. The van der Waals surface area contributed by atoms with Crippen LogP contribution in [0, 0.1) is 0 Å². The number of rotatable bonds is 4. The van der Waals surface area contributed by atoms with Crippen LogP contribution in [0.4, 0.5) is 11.4 Å². The van der Waals surface area contributed by atoms with Gasteiger partial charge in [-0.25, -0.2) is 0 Å². The van der Waals surface area contributed by atoms with Crippen LogP contribution in [0.1, 0.15) is 10.4 Å². The number of aromatic nitrogens is 1. The molecule has 0 bridgehead atoms. The van der Waals surface area contributed by atoms with Gasteiger partial charge in [0.15, 0.2) is 0 Å². The van der Waals surface area contributed by atoms with Gasteiger partial charge in [0.05, 0.1) is 17.4 Å². The van der Waals surface area contributed by atoms with E-state index in [-0.39, 0.29) is 5.91 Å². The summed E-state index contributed by atoms with van der Waals surface area (Å²) in [6, 6.07) is 11.5. The fourth-order valence-electron chi connectivity index (χ4n) is 2.53. The molecule has 1 N–H and O–H groups in total. The fraction of sp³-hybridized carbons (Fsp3) is 0.235. The van der Waals surface area contributed by atoms with E-state index in [4.69, 9.17) is 0 Å². The molecular weight excluding hydrogens is 292 g/mol. The molecule has 1 aliphatic heterocycles. The van der Waals surface area contributed by atoms with Crippen LogP contribution < -0.4 is 5.32 Å². The molecule has 2 heterocycles. The Morgan fingerprint density at radius 2 is 1.78 bits per heavy atom. The molecule has 0 aliphatic carbocycles.